The highest BCUT2D eigenvalue weighted by Crippen LogP contribution is 2.34. The molecule has 0 atom stereocenters. The molecule has 0 aliphatic carbocycles. The van der Waals surface area contributed by atoms with E-state index in [-0.39, 0.29) is 10.8 Å². The third kappa shape index (κ3) is 3.12. The van der Waals surface area contributed by atoms with Gasteiger partial charge < -0.3 is 0 Å². The summed E-state index contributed by atoms with van der Waals surface area (Å²) in [6, 6.07) is 3.48. The highest BCUT2D eigenvalue weighted by molar-refractivity contribution is 7.85. The molecule has 0 unspecified atom stereocenters. The van der Waals surface area contributed by atoms with Gasteiger partial charge in [0.2, 0.25) is 0 Å². The zero-order valence-corrected chi connectivity index (χ0v) is 10.5. The van der Waals surface area contributed by atoms with Crippen LogP contribution in [-0.4, -0.2) is 25.2 Å². The predicted octanol–water partition coefficient (Wildman–Crippen LogP) is 1.69. The number of isocyanates is 1. The van der Waals surface area contributed by atoms with E-state index in [1.807, 2.05) is 0 Å². The molecule has 0 aromatic heterocycles. The maximum absolute atomic E-state index is 12.7. The van der Waals surface area contributed by atoms with Gasteiger partial charge in [0.05, 0.1) is 5.56 Å². The fourth-order valence-electron chi connectivity index (χ4n) is 1.28. The number of hydrogen-bond donors (Lipinski definition) is 0. The lowest BCUT2D eigenvalue weighted by atomic mass is 10.2. The van der Waals surface area contributed by atoms with Gasteiger partial charge in [-0.25, -0.2) is 4.84 Å². The molecular formula is C10H9F3NO4S+. The summed E-state index contributed by atoms with van der Waals surface area (Å²) in [6.07, 6.45) is -3.94. The van der Waals surface area contributed by atoms with E-state index in [4.69, 9.17) is 0 Å². The summed E-state index contributed by atoms with van der Waals surface area (Å²) in [5.74, 6) is 0. The average Bonchev–Trinajstić information content (AvgIpc) is 2.34. The van der Waals surface area contributed by atoms with Crippen molar-refractivity contribution in [3.63, 3.8) is 0 Å². The van der Waals surface area contributed by atoms with Crippen LogP contribution in [0.5, 0.6) is 0 Å². The van der Waals surface area contributed by atoms with E-state index >= 15 is 0 Å². The van der Waals surface area contributed by atoms with Crippen molar-refractivity contribution in [2.75, 3.05) is 6.61 Å². The van der Waals surface area contributed by atoms with Crippen molar-refractivity contribution in [1.82, 2.24) is 0 Å². The molecule has 0 amide bonds. The van der Waals surface area contributed by atoms with Crippen molar-refractivity contribution in [3.05, 3.63) is 29.8 Å². The lowest BCUT2D eigenvalue weighted by Gasteiger charge is -2.09. The number of carbonyl (C=O) groups excluding carboxylic acids is 1. The highest BCUT2D eigenvalue weighted by Gasteiger charge is 2.42. The van der Waals surface area contributed by atoms with Gasteiger partial charge in [-0.1, -0.05) is 12.1 Å². The molecule has 0 spiro atoms. The molecule has 1 rings (SSSR count). The van der Waals surface area contributed by atoms with E-state index in [2.05, 4.69) is 4.84 Å². The number of alkyl halides is 3. The number of hydrogen-bond acceptors (Lipinski definition) is 4. The Balaban J connectivity index is 3.51. The molecule has 0 heterocycles. The van der Waals surface area contributed by atoms with Crippen LogP contribution in [0.2, 0.25) is 0 Å². The molecule has 1 aromatic rings. The summed E-state index contributed by atoms with van der Waals surface area (Å²) >= 11 is 0. The quantitative estimate of drug-likeness (QED) is 0.367. The van der Waals surface area contributed by atoms with Crippen molar-refractivity contribution < 1.29 is 35.4 Å². The second kappa shape index (κ2) is 5.41. The number of sulfonamides is 1. The third-order valence-corrected chi connectivity index (χ3v) is 3.54. The van der Waals surface area contributed by atoms with Crippen molar-refractivity contribution >= 4 is 16.1 Å². The summed E-state index contributed by atoms with van der Waals surface area (Å²) in [4.78, 5) is 13.9. The van der Waals surface area contributed by atoms with Gasteiger partial charge in [-0.3, -0.25) is 0 Å². The molecule has 0 saturated carbocycles. The Morgan fingerprint density at radius 3 is 2.37 bits per heavy atom. The summed E-state index contributed by atoms with van der Waals surface area (Å²) in [5, 5.41) is 0. The van der Waals surface area contributed by atoms with Gasteiger partial charge in [0.15, 0.2) is 10.8 Å². The minimum atomic E-state index is -4.87. The maximum atomic E-state index is 12.7. The Kier molecular flexibility index (Phi) is 4.33. The summed E-state index contributed by atoms with van der Waals surface area (Å²) in [5.41, 5.74) is -1.38. The molecule has 0 bridgehead atoms. The normalized spacial score (nSPS) is 11.8. The molecule has 5 nitrogen and oxygen atoms in total. The number of benzene rings is 1. The van der Waals surface area contributed by atoms with E-state index in [1.165, 1.54) is 6.92 Å². The van der Waals surface area contributed by atoms with Gasteiger partial charge in [0, 0.05) is 0 Å². The van der Waals surface area contributed by atoms with Crippen molar-refractivity contribution in [2.24, 2.45) is 0 Å². The molecule has 9 heteroatoms. The molecule has 0 aliphatic rings. The average molecular weight is 296 g/mol. The van der Waals surface area contributed by atoms with Crippen LogP contribution in [0.3, 0.4) is 0 Å². The van der Waals surface area contributed by atoms with Crippen LogP contribution in [0.25, 0.3) is 0 Å². The smallest absolute Gasteiger partial charge is 0.247 e. The second-order valence-corrected chi connectivity index (χ2v) is 4.96. The molecule has 0 N–H and O–H groups in total. The summed E-state index contributed by atoms with van der Waals surface area (Å²) < 4.78 is 61.6. The molecule has 0 radical (unpaired) electrons. The van der Waals surface area contributed by atoms with Crippen LogP contribution in [0.15, 0.2) is 29.2 Å². The minimum absolute atomic E-state index is 0.220. The van der Waals surface area contributed by atoms with Crippen molar-refractivity contribution in [1.29, 1.82) is 0 Å². The first-order valence-electron chi connectivity index (χ1n) is 4.97. The van der Waals surface area contributed by atoms with Crippen LogP contribution < -0.4 is 0 Å². The SMILES string of the molecule is CCO[N+](=C=O)S(=O)(=O)c1ccccc1C(F)(F)F. The van der Waals surface area contributed by atoms with Crippen LogP contribution in [0.4, 0.5) is 13.2 Å². The van der Waals surface area contributed by atoms with Gasteiger partial charge in [0.25, 0.3) is 0 Å². The van der Waals surface area contributed by atoms with E-state index in [9.17, 15) is 26.4 Å². The summed E-state index contributed by atoms with van der Waals surface area (Å²) in [6.45, 7) is 1.15. The molecular weight excluding hydrogens is 287 g/mol. The minimum Gasteiger partial charge on any atom is -0.247 e. The van der Waals surface area contributed by atoms with Gasteiger partial charge in [0.1, 0.15) is 4.90 Å². The molecule has 1 aromatic carbocycles. The molecule has 19 heavy (non-hydrogen) atoms. The molecule has 0 aliphatic heterocycles. The maximum Gasteiger partial charge on any atom is 0.498 e. The first kappa shape index (κ1) is 15.2. The highest BCUT2D eigenvalue weighted by atomic mass is 32.2. The second-order valence-electron chi connectivity index (χ2n) is 3.24. The Labute approximate surface area is 106 Å². The van der Waals surface area contributed by atoms with Gasteiger partial charge in [-0.2, -0.15) is 26.4 Å². The standard InChI is InChI=1S/C10H9F3NO4S/c1-2-18-14(7-15)19(16,17)9-6-4-3-5-8(9)10(11,12)13/h3-6H,2H2,1H3/q+1. The van der Waals surface area contributed by atoms with Crippen molar-refractivity contribution in [3.8, 4) is 0 Å². The number of rotatable bonds is 4. The Morgan fingerprint density at radius 1 is 1.32 bits per heavy atom. The van der Waals surface area contributed by atoms with Crippen LogP contribution in [0.1, 0.15) is 12.5 Å². The fourth-order valence-corrected chi connectivity index (χ4v) is 2.51. The Bertz CT molecular complexity index is 618. The first-order valence-corrected chi connectivity index (χ1v) is 6.41. The zero-order chi connectivity index (χ0) is 14.7. The van der Waals surface area contributed by atoms with Gasteiger partial charge in [-0.15, -0.1) is 0 Å². The fraction of sp³-hybridized carbons (Fsp3) is 0.300. The predicted molar refractivity (Wildman–Crippen MR) is 56.2 cm³/mol. The van der Waals surface area contributed by atoms with E-state index in [0.29, 0.717) is 6.07 Å². The van der Waals surface area contributed by atoms with Crippen LogP contribution in [-0.2, 0) is 25.8 Å². The lowest BCUT2D eigenvalue weighted by Crippen LogP contribution is -2.24. The largest absolute Gasteiger partial charge is 0.498 e. The molecule has 0 fully saturated rings. The van der Waals surface area contributed by atoms with Crippen molar-refractivity contribution in [2.45, 2.75) is 18.0 Å². The van der Waals surface area contributed by atoms with E-state index in [0.717, 1.165) is 24.3 Å². The number of halogens is 3. The lowest BCUT2D eigenvalue weighted by molar-refractivity contribution is -0.672. The molecule has 0 saturated heterocycles. The number of nitrogens with zero attached hydrogens (tertiary/aromatic N) is 1. The zero-order valence-electron chi connectivity index (χ0n) is 9.64. The monoisotopic (exact) mass is 296 g/mol. The van der Waals surface area contributed by atoms with Crippen LogP contribution >= 0.6 is 0 Å². The summed E-state index contributed by atoms with van der Waals surface area (Å²) in [7, 11) is -4.76. The van der Waals surface area contributed by atoms with Gasteiger partial charge >= 0.3 is 22.3 Å². The first-order chi connectivity index (χ1) is 8.75. The topological polar surface area (TPSA) is 63.5 Å². The van der Waals surface area contributed by atoms with Crippen LogP contribution in [0, 0.1) is 0 Å². The Morgan fingerprint density at radius 2 is 1.89 bits per heavy atom. The molecule has 104 valence electrons. The Hall–Kier alpha value is -1.86. The van der Waals surface area contributed by atoms with E-state index < -0.39 is 26.7 Å². The van der Waals surface area contributed by atoms with Gasteiger partial charge in [-0.05, 0) is 19.1 Å². The van der Waals surface area contributed by atoms with E-state index in [1.54, 1.807) is 0 Å². The third-order valence-electron chi connectivity index (χ3n) is 2.01.